The summed E-state index contributed by atoms with van der Waals surface area (Å²) >= 11 is 0. The van der Waals surface area contributed by atoms with Crippen LogP contribution in [0.3, 0.4) is 0 Å². The van der Waals surface area contributed by atoms with E-state index in [1.807, 2.05) is 0 Å². The van der Waals surface area contributed by atoms with Crippen molar-refractivity contribution in [3.63, 3.8) is 0 Å². The normalized spacial score (nSPS) is 25.2. The van der Waals surface area contributed by atoms with Crippen molar-refractivity contribution in [2.45, 2.75) is 32.9 Å². The van der Waals surface area contributed by atoms with E-state index in [9.17, 15) is 15.0 Å². The van der Waals surface area contributed by atoms with Crippen LogP contribution in [-0.2, 0) is 23.4 Å². The number of hydrogen-bond donors (Lipinski definition) is 6. The van der Waals surface area contributed by atoms with Gasteiger partial charge in [0.1, 0.15) is 11.5 Å². The van der Waals surface area contributed by atoms with Crippen LogP contribution in [0.5, 0.6) is 11.5 Å². The Morgan fingerprint density at radius 3 is 2.00 bits per heavy atom. The van der Waals surface area contributed by atoms with Crippen molar-refractivity contribution in [2.75, 3.05) is 7.05 Å². The molecule has 1 aromatic carbocycles. The maximum absolute atomic E-state index is 11.1. The monoisotopic (exact) mass is 352 g/mol. The van der Waals surface area contributed by atoms with E-state index in [4.69, 9.17) is 10.8 Å². The Hall–Kier alpha value is -1.25. The van der Waals surface area contributed by atoms with Gasteiger partial charge in [-0.25, -0.2) is 0 Å². The first-order valence-electron chi connectivity index (χ1n) is 5.64. The minimum Gasteiger partial charge on any atom is -0.508 e. The molecule has 7 nitrogen and oxygen atoms in total. The van der Waals surface area contributed by atoms with Crippen LogP contribution in [0.2, 0.25) is 0 Å². The zero-order chi connectivity index (χ0) is 13.4. The van der Waals surface area contributed by atoms with E-state index in [1.165, 1.54) is 18.2 Å². The van der Waals surface area contributed by atoms with Crippen LogP contribution in [0.25, 0.3) is 0 Å². The number of rotatable bonds is 3. The van der Waals surface area contributed by atoms with Gasteiger partial charge < -0.3 is 32.5 Å². The van der Waals surface area contributed by atoms with E-state index < -0.39 is 17.9 Å². The molecule has 1 fully saturated rings. The molecule has 0 aliphatic heterocycles. The van der Waals surface area contributed by atoms with Gasteiger partial charge in [0.05, 0.1) is 5.92 Å². The number of aromatic hydroxyl groups is 2. The molecule has 9 N–H and O–H groups in total. The van der Waals surface area contributed by atoms with Gasteiger partial charge in [0.25, 0.3) is 0 Å². The minimum absolute atomic E-state index is 0. The molecule has 1 aromatic rings. The first-order valence-corrected chi connectivity index (χ1v) is 5.64. The van der Waals surface area contributed by atoms with Crippen LogP contribution in [0.15, 0.2) is 18.2 Å². The van der Waals surface area contributed by atoms with Crippen molar-refractivity contribution in [1.82, 2.24) is 11.5 Å². The van der Waals surface area contributed by atoms with Crippen molar-refractivity contribution in [3.8, 4) is 11.5 Å². The second kappa shape index (κ2) is 9.71. The predicted octanol–water partition coefficient (Wildman–Crippen LogP) is 1.24. The van der Waals surface area contributed by atoms with Crippen LogP contribution >= 0.6 is 0 Å². The quantitative estimate of drug-likeness (QED) is 0.479. The fourth-order valence-electron chi connectivity index (χ4n) is 2.70. The van der Waals surface area contributed by atoms with Crippen LogP contribution in [-0.4, -0.2) is 40.4 Å². The van der Waals surface area contributed by atoms with Gasteiger partial charge in [-0.1, -0.05) is 14.9 Å². The van der Waals surface area contributed by atoms with Crippen molar-refractivity contribution < 1.29 is 38.7 Å². The number of phenolic OH excluding ortho intramolecular Hbond substituents is 2. The van der Waals surface area contributed by atoms with E-state index in [0.29, 0.717) is 5.56 Å². The average molecular weight is 352 g/mol. The van der Waals surface area contributed by atoms with Crippen LogP contribution in [0, 0.1) is 5.92 Å². The molecule has 4 unspecified atom stereocenters. The zero-order valence-corrected chi connectivity index (χ0v) is 12.4. The fourth-order valence-corrected chi connectivity index (χ4v) is 2.70. The number of aliphatic carboxylic acids is 1. The number of likely N-dealkylation sites (N-methyl/N-ethyl adjacent to an activating group) is 1. The fraction of sp³-hybridized carbons (Fsp3) is 0.500. The smallest absolute Gasteiger partial charge is 0.309 e. The van der Waals surface area contributed by atoms with Crippen LogP contribution < -0.4 is 17.2 Å². The summed E-state index contributed by atoms with van der Waals surface area (Å²) < 4.78 is 0. The molecule has 0 aromatic heterocycles. The molecule has 1 radical (unpaired) electrons. The zero-order valence-electron chi connectivity index (χ0n) is 11.0. The SMILES string of the molecule is C.C.CNC1C(C(=O)O)C(N)C1c1cc(O)cc(O)c1.N.[V]. The average Bonchev–Trinajstić information content (AvgIpc) is 2.23. The summed E-state index contributed by atoms with van der Waals surface area (Å²) in [5, 5.41) is 30.9. The Morgan fingerprint density at radius 1 is 1.18 bits per heavy atom. The molecule has 2 rings (SSSR count). The molecule has 1 aliphatic carbocycles. The Labute approximate surface area is 143 Å². The summed E-state index contributed by atoms with van der Waals surface area (Å²) in [6, 6.07) is 3.36. The maximum atomic E-state index is 11.1. The molecule has 4 atom stereocenters. The summed E-state index contributed by atoms with van der Waals surface area (Å²) in [6.07, 6.45) is 0. The third kappa shape index (κ3) is 4.38. The van der Waals surface area contributed by atoms with Gasteiger partial charge in [-0.15, -0.1) is 0 Å². The van der Waals surface area contributed by atoms with Crippen molar-refractivity contribution in [3.05, 3.63) is 23.8 Å². The number of nitrogens with one attached hydrogen (secondary N) is 1. The van der Waals surface area contributed by atoms with Gasteiger partial charge in [0, 0.05) is 42.6 Å². The first kappa shape index (κ1) is 25.7. The third-order valence-corrected chi connectivity index (χ3v) is 3.53. The molecule has 0 bridgehead atoms. The van der Waals surface area contributed by atoms with Crippen molar-refractivity contribution >= 4 is 5.97 Å². The summed E-state index contributed by atoms with van der Waals surface area (Å²) in [6.45, 7) is 0. The molecule has 0 amide bonds. The predicted molar refractivity (Wildman–Crippen MR) is 82.9 cm³/mol. The summed E-state index contributed by atoms with van der Waals surface area (Å²) in [5.41, 5.74) is 6.52. The van der Waals surface area contributed by atoms with E-state index >= 15 is 0 Å². The van der Waals surface area contributed by atoms with Gasteiger partial charge in [0.15, 0.2) is 0 Å². The number of carboxylic acids is 1. The molecule has 0 saturated heterocycles. The third-order valence-electron chi connectivity index (χ3n) is 3.53. The number of hydrogen-bond acceptors (Lipinski definition) is 6. The molecule has 22 heavy (non-hydrogen) atoms. The van der Waals surface area contributed by atoms with Crippen LogP contribution in [0.1, 0.15) is 26.3 Å². The number of phenols is 2. The van der Waals surface area contributed by atoms with Gasteiger partial charge in [0.2, 0.25) is 0 Å². The van der Waals surface area contributed by atoms with E-state index in [0.717, 1.165) is 0 Å². The van der Waals surface area contributed by atoms with Crippen molar-refractivity contribution in [1.29, 1.82) is 0 Å². The van der Waals surface area contributed by atoms with Crippen molar-refractivity contribution in [2.24, 2.45) is 11.7 Å². The molecule has 127 valence electrons. The Kier molecular flexibility index (Phi) is 11.3. The molecular weight excluding hydrogens is 325 g/mol. The second-order valence-electron chi connectivity index (χ2n) is 4.56. The first-order chi connectivity index (χ1) is 8.45. The number of carbonyl (C=O) groups is 1. The van der Waals surface area contributed by atoms with Gasteiger partial charge in [-0.2, -0.15) is 0 Å². The Bertz CT molecular complexity index is 467. The topological polar surface area (TPSA) is 151 Å². The van der Waals surface area contributed by atoms with E-state index in [-0.39, 0.29) is 63.0 Å². The van der Waals surface area contributed by atoms with Crippen LogP contribution in [0.4, 0.5) is 0 Å². The molecule has 0 heterocycles. The van der Waals surface area contributed by atoms with E-state index in [2.05, 4.69) is 5.32 Å². The Morgan fingerprint density at radius 2 is 1.64 bits per heavy atom. The molecular formula is C14H27N3O4V. The number of benzene rings is 1. The summed E-state index contributed by atoms with van der Waals surface area (Å²) in [5.74, 6) is -1.97. The summed E-state index contributed by atoms with van der Waals surface area (Å²) in [4.78, 5) is 11.1. The molecule has 0 spiro atoms. The Balaban J connectivity index is -0.000000902. The maximum Gasteiger partial charge on any atom is 0.309 e. The number of carboxylic acid groups (broad SMARTS) is 1. The number of nitrogens with two attached hydrogens (primary N) is 1. The summed E-state index contributed by atoms with van der Waals surface area (Å²) in [7, 11) is 1.67. The molecule has 1 saturated carbocycles. The van der Waals surface area contributed by atoms with Gasteiger partial charge in [-0.05, 0) is 24.7 Å². The largest absolute Gasteiger partial charge is 0.508 e. The van der Waals surface area contributed by atoms with Gasteiger partial charge >= 0.3 is 5.97 Å². The van der Waals surface area contributed by atoms with Gasteiger partial charge in [-0.3, -0.25) is 4.79 Å². The van der Waals surface area contributed by atoms with E-state index in [1.54, 1.807) is 7.05 Å². The standard InChI is InChI=1S/C12H16N2O4.2CH4.H3N.V/c1-14-11-8(10(13)9(11)12(17)18)5-2-6(15)4-7(16)3-5;;;;/h2-4,8-11,14-16H,13H2,1H3,(H,17,18);2*1H4;1H3;. The molecule has 8 heteroatoms. The minimum atomic E-state index is -0.942. The second-order valence-corrected chi connectivity index (χ2v) is 4.56. The molecule has 1 aliphatic rings.